The molecule has 1 N–H and O–H groups in total. The van der Waals surface area contributed by atoms with Gasteiger partial charge in [0.2, 0.25) is 0 Å². The summed E-state index contributed by atoms with van der Waals surface area (Å²) in [6.45, 7) is 4.38. The Morgan fingerprint density at radius 3 is 2.75 bits per heavy atom. The van der Waals surface area contributed by atoms with Gasteiger partial charge in [0, 0.05) is 38.6 Å². The van der Waals surface area contributed by atoms with Crippen LogP contribution in [0.1, 0.15) is 12.0 Å². The zero-order valence-electron chi connectivity index (χ0n) is 14.1. The summed E-state index contributed by atoms with van der Waals surface area (Å²) in [4.78, 5) is 11.0. The van der Waals surface area contributed by atoms with Crippen molar-refractivity contribution < 1.29 is 9.47 Å². The number of piperazine rings is 1. The highest BCUT2D eigenvalue weighted by molar-refractivity contribution is 5.48. The van der Waals surface area contributed by atoms with Gasteiger partial charge in [-0.15, -0.1) is 0 Å². The minimum Gasteiger partial charge on any atom is -0.496 e. The summed E-state index contributed by atoms with van der Waals surface area (Å²) in [5, 5.41) is 3.34. The van der Waals surface area contributed by atoms with Gasteiger partial charge >= 0.3 is 0 Å². The third kappa shape index (κ3) is 4.14. The van der Waals surface area contributed by atoms with Crippen LogP contribution in [-0.2, 0) is 6.42 Å². The van der Waals surface area contributed by atoms with Crippen molar-refractivity contribution in [2.75, 3.05) is 44.8 Å². The van der Waals surface area contributed by atoms with Gasteiger partial charge in [-0.2, -0.15) is 0 Å². The van der Waals surface area contributed by atoms with Crippen LogP contribution in [0, 0.1) is 0 Å². The lowest BCUT2D eigenvalue weighted by molar-refractivity contribution is 0.297. The number of nitrogens with zero attached hydrogens (tertiary/aromatic N) is 3. The minimum absolute atomic E-state index is 0.607. The molecule has 24 heavy (non-hydrogen) atoms. The summed E-state index contributed by atoms with van der Waals surface area (Å²) in [5.74, 6) is 2.40. The maximum atomic E-state index is 5.91. The third-order valence-electron chi connectivity index (χ3n) is 4.08. The van der Waals surface area contributed by atoms with Crippen molar-refractivity contribution in [1.29, 1.82) is 0 Å². The van der Waals surface area contributed by atoms with E-state index in [9.17, 15) is 0 Å². The van der Waals surface area contributed by atoms with Gasteiger partial charge in [0.15, 0.2) is 5.82 Å². The van der Waals surface area contributed by atoms with Gasteiger partial charge in [0.25, 0.3) is 5.88 Å². The topological polar surface area (TPSA) is 59.5 Å². The molecule has 6 nitrogen and oxygen atoms in total. The predicted octanol–water partition coefficient (Wildman–Crippen LogP) is 1.91. The monoisotopic (exact) mass is 328 g/mol. The Bertz CT molecular complexity index is 644. The van der Waals surface area contributed by atoms with E-state index >= 15 is 0 Å². The average molecular weight is 328 g/mol. The number of hydrogen-bond donors (Lipinski definition) is 1. The molecule has 1 saturated heterocycles. The van der Waals surface area contributed by atoms with E-state index in [4.69, 9.17) is 9.47 Å². The number of hydrogen-bond acceptors (Lipinski definition) is 6. The molecule has 2 heterocycles. The zero-order chi connectivity index (χ0) is 16.6. The summed E-state index contributed by atoms with van der Waals surface area (Å²) in [6, 6.07) is 8.09. The van der Waals surface area contributed by atoms with Gasteiger partial charge in [0.05, 0.1) is 13.7 Å². The van der Waals surface area contributed by atoms with Crippen molar-refractivity contribution in [2.24, 2.45) is 0 Å². The standard InChI is InChI=1S/C18H24N4O2/c1-23-16-7-3-2-5-15(16)6-4-14-24-18-17(20-8-9-21-18)22-12-10-19-11-13-22/h2-3,5,7-9,19H,4,6,10-14H2,1H3. The second-order valence-corrected chi connectivity index (χ2v) is 5.69. The number of aryl methyl sites for hydroxylation is 1. The maximum Gasteiger partial charge on any atom is 0.257 e. The fourth-order valence-electron chi connectivity index (χ4n) is 2.85. The van der Waals surface area contributed by atoms with Crippen molar-refractivity contribution in [2.45, 2.75) is 12.8 Å². The second kappa shape index (κ2) is 8.49. The normalized spacial score (nSPS) is 14.5. The van der Waals surface area contributed by atoms with E-state index in [2.05, 4.69) is 26.3 Å². The quantitative estimate of drug-likeness (QED) is 0.784. The molecule has 1 aliphatic rings. The molecule has 1 aromatic carbocycles. The highest BCUT2D eigenvalue weighted by atomic mass is 16.5. The van der Waals surface area contributed by atoms with E-state index in [1.54, 1.807) is 19.5 Å². The first-order valence-electron chi connectivity index (χ1n) is 8.40. The van der Waals surface area contributed by atoms with Crippen molar-refractivity contribution in [3.05, 3.63) is 42.2 Å². The Morgan fingerprint density at radius 2 is 1.92 bits per heavy atom. The number of benzene rings is 1. The van der Waals surface area contributed by atoms with Crippen LogP contribution in [0.15, 0.2) is 36.7 Å². The molecule has 0 atom stereocenters. The Kier molecular flexibility index (Phi) is 5.85. The molecule has 0 saturated carbocycles. The van der Waals surface area contributed by atoms with Gasteiger partial charge in [-0.1, -0.05) is 18.2 Å². The van der Waals surface area contributed by atoms with Crippen LogP contribution in [0.2, 0.25) is 0 Å². The fourth-order valence-corrected chi connectivity index (χ4v) is 2.85. The van der Waals surface area contributed by atoms with Crippen LogP contribution in [0.4, 0.5) is 5.82 Å². The lowest BCUT2D eigenvalue weighted by Crippen LogP contribution is -2.44. The summed E-state index contributed by atoms with van der Waals surface area (Å²) >= 11 is 0. The van der Waals surface area contributed by atoms with Gasteiger partial charge in [-0.05, 0) is 24.5 Å². The molecule has 3 rings (SSSR count). The number of rotatable bonds is 7. The molecule has 128 valence electrons. The molecule has 1 aromatic heterocycles. The minimum atomic E-state index is 0.607. The number of anilines is 1. The highest BCUT2D eigenvalue weighted by Crippen LogP contribution is 2.23. The number of methoxy groups -OCH3 is 1. The van der Waals surface area contributed by atoms with E-state index in [0.29, 0.717) is 12.5 Å². The molecule has 2 aromatic rings. The first-order valence-corrected chi connectivity index (χ1v) is 8.40. The largest absolute Gasteiger partial charge is 0.496 e. The zero-order valence-corrected chi connectivity index (χ0v) is 14.1. The van der Waals surface area contributed by atoms with Crippen LogP contribution in [0.5, 0.6) is 11.6 Å². The molecule has 6 heteroatoms. The maximum absolute atomic E-state index is 5.91. The van der Waals surface area contributed by atoms with Crippen LogP contribution >= 0.6 is 0 Å². The van der Waals surface area contributed by atoms with E-state index in [1.165, 1.54) is 5.56 Å². The SMILES string of the molecule is COc1ccccc1CCCOc1nccnc1N1CCNCC1. The van der Waals surface area contributed by atoms with E-state index in [0.717, 1.165) is 50.6 Å². The number of nitrogens with one attached hydrogen (secondary N) is 1. The molecule has 0 aliphatic carbocycles. The van der Waals surface area contributed by atoms with E-state index < -0.39 is 0 Å². The Labute approximate surface area is 142 Å². The van der Waals surface area contributed by atoms with Gasteiger partial charge < -0.3 is 19.7 Å². The second-order valence-electron chi connectivity index (χ2n) is 5.69. The molecule has 0 spiro atoms. The van der Waals surface area contributed by atoms with Crippen LogP contribution in [-0.4, -0.2) is 49.9 Å². The first kappa shape index (κ1) is 16.5. The highest BCUT2D eigenvalue weighted by Gasteiger charge is 2.17. The van der Waals surface area contributed by atoms with Crippen molar-refractivity contribution in [3.8, 4) is 11.6 Å². The lowest BCUT2D eigenvalue weighted by Gasteiger charge is -2.28. The molecule has 1 fully saturated rings. The Balaban J connectivity index is 1.55. The van der Waals surface area contributed by atoms with Crippen LogP contribution in [0.3, 0.4) is 0 Å². The summed E-state index contributed by atoms with van der Waals surface area (Å²) in [5.41, 5.74) is 1.20. The smallest absolute Gasteiger partial charge is 0.257 e. The molecule has 0 bridgehead atoms. The van der Waals surface area contributed by atoms with Crippen molar-refractivity contribution >= 4 is 5.82 Å². The summed E-state index contributed by atoms with van der Waals surface area (Å²) < 4.78 is 11.3. The number of aromatic nitrogens is 2. The van der Waals surface area contributed by atoms with E-state index in [-0.39, 0.29) is 0 Å². The van der Waals surface area contributed by atoms with Gasteiger partial charge in [0.1, 0.15) is 5.75 Å². The molecule has 0 unspecified atom stereocenters. The molecule has 0 radical (unpaired) electrons. The van der Waals surface area contributed by atoms with Crippen LogP contribution in [0.25, 0.3) is 0 Å². The molecule has 0 amide bonds. The summed E-state index contributed by atoms with van der Waals surface area (Å²) in [6.07, 6.45) is 5.21. The summed E-state index contributed by atoms with van der Waals surface area (Å²) in [7, 11) is 1.70. The predicted molar refractivity (Wildman–Crippen MR) is 93.9 cm³/mol. The fraction of sp³-hybridized carbons (Fsp3) is 0.444. The Morgan fingerprint density at radius 1 is 1.12 bits per heavy atom. The van der Waals surface area contributed by atoms with Gasteiger partial charge in [-0.3, -0.25) is 0 Å². The Hall–Kier alpha value is -2.34. The molecular formula is C18H24N4O2. The van der Waals surface area contributed by atoms with E-state index in [1.807, 2.05) is 18.2 Å². The number of para-hydroxylation sites is 1. The van der Waals surface area contributed by atoms with Crippen LogP contribution < -0.4 is 19.7 Å². The van der Waals surface area contributed by atoms with Gasteiger partial charge in [-0.25, -0.2) is 9.97 Å². The van der Waals surface area contributed by atoms with Crippen molar-refractivity contribution in [3.63, 3.8) is 0 Å². The van der Waals surface area contributed by atoms with Crippen molar-refractivity contribution in [1.82, 2.24) is 15.3 Å². The third-order valence-corrected chi connectivity index (χ3v) is 4.08. The average Bonchev–Trinajstić information content (AvgIpc) is 2.66. The molecule has 1 aliphatic heterocycles. The lowest BCUT2D eigenvalue weighted by atomic mass is 10.1. The number of ether oxygens (including phenoxy) is 2. The molecular weight excluding hydrogens is 304 g/mol. The first-order chi connectivity index (χ1) is 11.9.